The third-order valence-corrected chi connectivity index (χ3v) is 3.72. The molecule has 3 rings (SSSR count). The Hall–Kier alpha value is -2.82. The van der Waals surface area contributed by atoms with Crippen LogP contribution in [-0.2, 0) is 17.8 Å². The van der Waals surface area contributed by atoms with Gasteiger partial charge in [0.05, 0.1) is 7.11 Å². The number of rotatable bonds is 6. The highest BCUT2D eigenvalue weighted by molar-refractivity contribution is 5.84. The normalized spacial score (nSPS) is 10.7. The van der Waals surface area contributed by atoms with Gasteiger partial charge in [0, 0.05) is 42.0 Å². The zero-order valence-corrected chi connectivity index (χ0v) is 13.0. The lowest BCUT2D eigenvalue weighted by Gasteiger charge is -2.08. The van der Waals surface area contributed by atoms with Gasteiger partial charge in [0.2, 0.25) is 5.91 Å². The molecule has 0 saturated carbocycles. The van der Waals surface area contributed by atoms with Crippen LogP contribution in [0.2, 0.25) is 0 Å². The van der Waals surface area contributed by atoms with Crippen LogP contribution in [0.15, 0.2) is 54.9 Å². The number of pyridine rings is 1. The average molecular weight is 309 g/mol. The summed E-state index contributed by atoms with van der Waals surface area (Å²) in [5.41, 5.74) is 2.00. The van der Waals surface area contributed by atoms with Gasteiger partial charge in [-0.15, -0.1) is 0 Å². The van der Waals surface area contributed by atoms with Crippen molar-refractivity contribution in [1.29, 1.82) is 0 Å². The number of carbonyl (C=O) groups excluding carboxylic acids is 1. The maximum atomic E-state index is 12.1. The Morgan fingerprint density at radius 1 is 1.26 bits per heavy atom. The summed E-state index contributed by atoms with van der Waals surface area (Å²) in [4.78, 5) is 16.3. The lowest BCUT2D eigenvalue weighted by Crippen LogP contribution is -2.29. The molecule has 118 valence electrons. The largest absolute Gasteiger partial charge is 0.497 e. The van der Waals surface area contributed by atoms with E-state index >= 15 is 0 Å². The van der Waals surface area contributed by atoms with E-state index in [0.29, 0.717) is 13.1 Å². The zero-order valence-electron chi connectivity index (χ0n) is 13.0. The van der Waals surface area contributed by atoms with Gasteiger partial charge in [-0.2, -0.15) is 0 Å². The molecule has 5 heteroatoms. The number of nitrogens with zero attached hydrogens (tertiary/aromatic N) is 2. The van der Waals surface area contributed by atoms with Crippen molar-refractivity contribution in [2.45, 2.75) is 13.0 Å². The van der Waals surface area contributed by atoms with E-state index < -0.39 is 0 Å². The standard InChI is InChI=1S/C18H19N3O2/c1-23-16-5-6-17-14(12-16)8-11-21(17)13-18(22)20-10-7-15-4-2-3-9-19-15/h2-6,8-9,11-12H,7,10,13H2,1H3,(H,20,22). The van der Waals surface area contributed by atoms with Crippen LogP contribution in [0.4, 0.5) is 0 Å². The summed E-state index contributed by atoms with van der Waals surface area (Å²) in [5, 5.41) is 3.99. The number of amides is 1. The van der Waals surface area contributed by atoms with E-state index in [1.807, 2.05) is 53.2 Å². The monoisotopic (exact) mass is 309 g/mol. The summed E-state index contributed by atoms with van der Waals surface area (Å²) in [5.74, 6) is 0.810. The van der Waals surface area contributed by atoms with Gasteiger partial charge in [-0.05, 0) is 36.4 Å². The van der Waals surface area contributed by atoms with Crippen LogP contribution in [0, 0.1) is 0 Å². The fraction of sp³-hybridized carbons (Fsp3) is 0.222. The first-order chi connectivity index (χ1) is 11.3. The molecule has 0 atom stereocenters. The van der Waals surface area contributed by atoms with Crippen molar-refractivity contribution in [2.75, 3.05) is 13.7 Å². The van der Waals surface area contributed by atoms with Gasteiger partial charge >= 0.3 is 0 Å². The summed E-state index contributed by atoms with van der Waals surface area (Å²) in [6, 6.07) is 13.6. The van der Waals surface area contributed by atoms with Crippen molar-refractivity contribution in [3.63, 3.8) is 0 Å². The number of methoxy groups -OCH3 is 1. The topological polar surface area (TPSA) is 56.1 Å². The Balaban J connectivity index is 1.57. The van der Waals surface area contributed by atoms with Gasteiger partial charge in [-0.25, -0.2) is 0 Å². The summed E-state index contributed by atoms with van der Waals surface area (Å²) < 4.78 is 7.15. The van der Waals surface area contributed by atoms with Crippen LogP contribution in [0.3, 0.4) is 0 Å². The summed E-state index contributed by atoms with van der Waals surface area (Å²) in [6.45, 7) is 0.890. The molecule has 5 nitrogen and oxygen atoms in total. The van der Waals surface area contributed by atoms with Crippen molar-refractivity contribution in [2.24, 2.45) is 0 Å². The average Bonchev–Trinajstić information content (AvgIpc) is 2.98. The maximum absolute atomic E-state index is 12.1. The molecule has 1 amide bonds. The minimum Gasteiger partial charge on any atom is -0.497 e. The number of hydrogen-bond acceptors (Lipinski definition) is 3. The van der Waals surface area contributed by atoms with Crippen LogP contribution in [0.5, 0.6) is 5.75 Å². The van der Waals surface area contributed by atoms with E-state index in [1.54, 1.807) is 13.3 Å². The first kappa shape index (κ1) is 15.1. The molecular formula is C18H19N3O2. The summed E-state index contributed by atoms with van der Waals surface area (Å²) in [6.07, 6.45) is 4.41. The van der Waals surface area contributed by atoms with Crippen molar-refractivity contribution in [3.05, 3.63) is 60.6 Å². The molecule has 0 unspecified atom stereocenters. The SMILES string of the molecule is COc1ccc2c(ccn2CC(=O)NCCc2ccccn2)c1. The Morgan fingerprint density at radius 2 is 2.17 bits per heavy atom. The van der Waals surface area contributed by atoms with Gasteiger partial charge in [0.1, 0.15) is 12.3 Å². The third kappa shape index (κ3) is 3.69. The molecule has 0 bridgehead atoms. The lowest BCUT2D eigenvalue weighted by atomic mass is 10.2. The highest BCUT2D eigenvalue weighted by Gasteiger charge is 2.07. The van der Waals surface area contributed by atoms with Crippen molar-refractivity contribution in [1.82, 2.24) is 14.9 Å². The van der Waals surface area contributed by atoms with Crippen LogP contribution < -0.4 is 10.1 Å². The molecule has 0 radical (unpaired) electrons. The second-order valence-electron chi connectivity index (χ2n) is 5.29. The smallest absolute Gasteiger partial charge is 0.239 e. The minimum absolute atomic E-state index is 0.00532. The number of benzene rings is 1. The molecule has 0 fully saturated rings. The van der Waals surface area contributed by atoms with E-state index in [2.05, 4.69) is 10.3 Å². The van der Waals surface area contributed by atoms with Crippen LogP contribution in [-0.4, -0.2) is 29.1 Å². The van der Waals surface area contributed by atoms with Gasteiger partial charge < -0.3 is 14.6 Å². The molecule has 0 aliphatic carbocycles. The molecule has 23 heavy (non-hydrogen) atoms. The quantitative estimate of drug-likeness (QED) is 0.761. The molecule has 2 heterocycles. The predicted molar refractivity (Wildman–Crippen MR) is 89.4 cm³/mol. The van der Waals surface area contributed by atoms with E-state index in [9.17, 15) is 4.79 Å². The summed E-state index contributed by atoms with van der Waals surface area (Å²) >= 11 is 0. The number of hydrogen-bond donors (Lipinski definition) is 1. The highest BCUT2D eigenvalue weighted by Crippen LogP contribution is 2.21. The zero-order chi connectivity index (χ0) is 16.1. The van der Waals surface area contributed by atoms with E-state index in [1.165, 1.54) is 0 Å². The molecule has 0 saturated heterocycles. The van der Waals surface area contributed by atoms with E-state index in [-0.39, 0.29) is 5.91 Å². The number of aromatic nitrogens is 2. The maximum Gasteiger partial charge on any atom is 0.239 e. The fourth-order valence-corrected chi connectivity index (χ4v) is 2.53. The molecule has 3 aromatic rings. The van der Waals surface area contributed by atoms with Crippen molar-refractivity contribution >= 4 is 16.8 Å². The van der Waals surface area contributed by atoms with Gasteiger partial charge in [-0.3, -0.25) is 9.78 Å². The van der Waals surface area contributed by atoms with Crippen molar-refractivity contribution in [3.8, 4) is 5.75 Å². The second-order valence-corrected chi connectivity index (χ2v) is 5.29. The number of ether oxygens (including phenoxy) is 1. The molecule has 0 aliphatic rings. The van der Waals surface area contributed by atoms with E-state index in [4.69, 9.17) is 4.74 Å². The first-order valence-electron chi connectivity index (χ1n) is 7.56. The van der Waals surface area contributed by atoms with Crippen LogP contribution in [0.25, 0.3) is 10.9 Å². The minimum atomic E-state index is -0.00532. The van der Waals surface area contributed by atoms with Gasteiger partial charge in [0.15, 0.2) is 0 Å². The third-order valence-electron chi connectivity index (χ3n) is 3.72. The van der Waals surface area contributed by atoms with Gasteiger partial charge in [-0.1, -0.05) is 6.07 Å². The van der Waals surface area contributed by atoms with E-state index in [0.717, 1.165) is 28.8 Å². The number of fused-ring (bicyclic) bond motifs is 1. The number of carbonyl (C=O) groups is 1. The van der Waals surface area contributed by atoms with Crippen LogP contribution in [0.1, 0.15) is 5.69 Å². The Labute approximate surface area is 134 Å². The molecule has 1 aromatic carbocycles. The fourth-order valence-electron chi connectivity index (χ4n) is 2.53. The highest BCUT2D eigenvalue weighted by atomic mass is 16.5. The molecule has 0 aliphatic heterocycles. The Bertz CT molecular complexity index is 796. The first-order valence-corrected chi connectivity index (χ1v) is 7.56. The Morgan fingerprint density at radius 3 is 2.96 bits per heavy atom. The predicted octanol–water partition coefficient (Wildman–Crippen LogP) is 2.40. The molecule has 0 spiro atoms. The second kappa shape index (κ2) is 6.96. The van der Waals surface area contributed by atoms with Crippen LogP contribution >= 0.6 is 0 Å². The van der Waals surface area contributed by atoms with Gasteiger partial charge in [0.25, 0.3) is 0 Å². The molecule has 2 aromatic heterocycles. The molecule has 1 N–H and O–H groups in total. The Kier molecular flexibility index (Phi) is 4.57. The number of nitrogens with one attached hydrogen (secondary N) is 1. The molecular weight excluding hydrogens is 290 g/mol. The summed E-state index contributed by atoms with van der Waals surface area (Å²) in [7, 11) is 1.65. The lowest BCUT2D eigenvalue weighted by molar-refractivity contribution is -0.121. The van der Waals surface area contributed by atoms with Crippen molar-refractivity contribution < 1.29 is 9.53 Å².